The molecule has 4 nitrogen and oxygen atoms in total. The second-order valence-electron chi connectivity index (χ2n) is 6.53. The standard InChI is InChI=1S/C19H21Cl2N3OS/c1-13-9-17(22-11-16(13)21)24-18(26)23-12-19(5-7-25-8-6-19)14-3-2-4-15(20)10-14/h2-4,9-11H,5-8,12H2,1H3,(H2,22,23,24,26). The molecule has 0 atom stereocenters. The van der Waals surface area contributed by atoms with Crippen LogP contribution in [0.1, 0.15) is 24.0 Å². The molecule has 1 aromatic carbocycles. The Kier molecular flexibility index (Phi) is 6.35. The lowest BCUT2D eigenvalue weighted by molar-refractivity contribution is 0.0515. The molecule has 0 unspecified atom stereocenters. The van der Waals surface area contributed by atoms with Crippen molar-refractivity contribution in [2.24, 2.45) is 0 Å². The first-order valence-corrected chi connectivity index (χ1v) is 9.66. The minimum absolute atomic E-state index is 0.0573. The second kappa shape index (κ2) is 8.53. The van der Waals surface area contributed by atoms with Gasteiger partial charge in [0.15, 0.2) is 5.11 Å². The number of anilines is 1. The third kappa shape index (κ3) is 4.65. The number of pyridine rings is 1. The molecule has 1 aliphatic heterocycles. The van der Waals surface area contributed by atoms with Crippen LogP contribution >= 0.6 is 35.4 Å². The highest BCUT2D eigenvalue weighted by Gasteiger charge is 2.34. The SMILES string of the molecule is Cc1cc(NC(=S)NCC2(c3cccc(Cl)c3)CCOCC2)ncc1Cl. The molecular formula is C19H21Cl2N3OS. The summed E-state index contributed by atoms with van der Waals surface area (Å²) in [6.07, 6.45) is 3.45. The van der Waals surface area contributed by atoms with Crippen molar-refractivity contribution in [3.8, 4) is 0 Å². The Hall–Kier alpha value is -1.40. The molecule has 3 rings (SSSR count). The van der Waals surface area contributed by atoms with Gasteiger partial charge in [-0.1, -0.05) is 35.3 Å². The Morgan fingerprint density at radius 3 is 2.73 bits per heavy atom. The molecule has 138 valence electrons. The minimum Gasteiger partial charge on any atom is -0.381 e. The molecule has 1 aromatic heterocycles. The van der Waals surface area contributed by atoms with Crippen LogP contribution in [0.3, 0.4) is 0 Å². The molecule has 0 spiro atoms. The van der Waals surface area contributed by atoms with Gasteiger partial charge < -0.3 is 15.4 Å². The lowest BCUT2D eigenvalue weighted by Crippen LogP contribution is -2.45. The molecule has 1 aliphatic rings. The zero-order chi connectivity index (χ0) is 18.6. The van der Waals surface area contributed by atoms with Gasteiger partial charge in [-0.2, -0.15) is 0 Å². The zero-order valence-electron chi connectivity index (χ0n) is 14.5. The lowest BCUT2D eigenvalue weighted by Gasteiger charge is -2.38. The van der Waals surface area contributed by atoms with Crippen LogP contribution in [0.5, 0.6) is 0 Å². The van der Waals surface area contributed by atoms with E-state index in [1.54, 1.807) is 6.20 Å². The molecule has 0 bridgehead atoms. The first-order valence-electron chi connectivity index (χ1n) is 8.49. The summed E-state index contributed by atoms with van der Waals surface area (Å²) in [6.45, 7) is 4.09. The molecule has 1 saturated heterocycles. The van der Waals surface area contributed by atoms with Gasteiger partial charge in [0.05, 0.1) is 5.02 Å². The highest BCUT2D eigenvalue weighted by Crippen LogP contribution is 2.35. The van der Waals surface area contributed by atoms with Crippen molar-refractivity contribution in [2.45, 2.75) is 25.2 Å². The Morgan fingerprint density at radius 2 is 2.04 bits per heavy atom. The van der Waals surface area contributed by atoms with E-state index >= 15 is 0 Å². The first-order chi connectivity index (χ1) is 12.5. The maximum Gasteiger partial charge on any atom is 0.171 e. The van der Waals surface area contributed by atoms with E-state index in [0.29, 0.717) is 22.5 Å². The molecule has 2 heterocycles. The molecule has 0 radical (unpaired) electrons. The van der Waals surface area contributed by atoms with Crippen LogP contribution in [-0.2, 0) is 10.2 Å². The van der Waals surface area contributed by atoms with Crippen molar-refractivity contribution in [2.75, 3.05) is 25.1 Å². The number of aryl methyl sites for hydroxylation is 1. The van der Waals surface area contributed by atoms with Crippen LogP contribution in [0.4, 0.5) is 5.82 Å². The smallest absolute Gasteiger partial charge is 0.171 e. The number of thiocarbonyl (C=S) groups is 1. The number of nitrogens with zero attached hydrogens (tertiary/aromatic N) is 1. The van der Waals surface area contributed by atoms with Crippen LogP contribution < -0.4 is 10.6 Å². The van der Waals surface area contributed by atoms with Crippen molar-refractivity contribution in [1.29, 1.82) is 0 Å². The average Bonchev–Trinajstić information content (AvgIpc) is 2.64. The van der Waals surface area contributed by atoms with Gasteiger partial charge in [0, 0.05) is 36.4 Å². The number of ether oxygens (including phenoxy) is 1. The fraction of sp³-hybridized carbons (Fsp3) is 0.368. The van der Waals surface area contributed by atoms with Gasteiger partial charge in [-0.05, 0) is 61.3 Å². The summed E-state index contributed by atoms with van der Waals surface area (Å²) in [5.41, 5.74) is 2.11. The Labute approximate surface area is 169 Å². The highest BCUT2D eigenvalue weighted by atomic mass is 35.5. The number of aromatic nitrogens is 1. The third-order valence-electron chi connectivity index (χ3n) is 4.76. The molecule has 0 saturated carbocycles. The summed E-state index contributed by atoms with van der Waals surface area (Å²) in [4.78, 5) is 4.25. The highest BCUT2D eigenvalue weighted by molar-refractivity contribution is 7.80. The van der Waals surface area contributed by atoms with E-state index < -0.39 is 0 Å². The Bertz CT molecular complexity index is 794. The number of halogens is 2. The largest absolute Gasteiger partial charge is 0.381 e. The van der Waals surface area contributed by atoms with E-state index in [-0.39, 0.29) is 5.41 Å². The van der Waals surface area contributed by atoms with E-state index in [0.717, 1.165) is 36.6 Å². The predicted octanol–water partition coefficient (Wildman–Crippen LogP) is 4.73. The normalized spacial score (nSPS) is 16.1. The molecule has 2 N–H and O–H groups in total. The monoisotopic (exact) mass is 409 g/mol. The lowest BCUT2D eigenvalue weighted by atomic mass is 9.74. The molecular weight excluding hydrogens is 389 g/mol. The summed E-state index contributed by atoms with van der Waals surface area (Å²) in [5.74, 6) is 0.674. The van der Waals surface area contributed by atoms with E-state index in [1.807, 2.05) is 31.2 Å². The van der Waals surface area contributed by atoms with Crippen LogP contribution in [0, 0.1) is 6.92 Å². The molecule has 26 heavy (non-hydrogen) atoms. The topological polar surface area (TPSA) is 46.2 Å². The number of nitrogens with one attached hydrogen (secondary N) is 2. The summed E-state index contributed by atoms with van der Waals surface area (Å²) >= 11 is 17.7. The number of hydrogen-bond donors (Lipinski definition) is 2. The van der Waals surface area contributed by atoms with Crippen molar-refractivity contribution in [1.82, 2.24) is 10.3 Å². The predicted molar refractivity (Wildman–Crippen MR) is 111 cm³/mol. The first kappa shape index (κ1) is 19.4. The summed E-state index contributed by atoms with van der Waals surface area (Å²) in [6, 6.07) is 9.92. The number of rotatable bonds is 4. The van der Waals surface area contributed by atoms with E-state index in [2.05, 4.69) is 21.7 Å². The van der Waals surface area contributed by atoms with Gasteiger partial charge in [0.2, 0.25) is 0 Å². The quantitative estimate of drug-likeness (QED) is 0.714. The minimum atomic E-state index is -0.0573. The summed E-state index contributed by atoms with van der Waals surface area (Å²) < 4.78 is 5.57. The molecule has 0 aliphatic carbocycles. The van der Waals surface area contributed by atoms with Gasteiger partial charge in [0.1, 0.15) is 5.82 Å². The number of benzene rings is 1. The van der Waals surface area contributed by atoms with Crippen molar-refractivity contribution < 1.29 is 4.74 Å². The molecule has 2 aromatic rings. The van der Waals surface area contributed by atoms with Crippen molar-refractivity contribution in [3.63, 3.8) is 0 Å². The molecule has 1 fully saturated rings. The Balaban J connectivity index is 1.69. The fourth-order valence-electron chi connectivity index (χ4n) is 3.17. The van der Waals surface area contributed by atoms with E-state index in [1.165, 1.54) is 5.56 Å². The Morgan fingerprint density at radius 1 is 1.27 bits per heavy atom. The molecule has 7 heteroatoms. The van der Waals surface area contributed by atoms with Crippen LogP contribution in [0.15, 0.2) is 36.5 Å². The van der Waals surface area contributed by atoms with E-state index in [9.17, 15) is 0 Å². The maximum atomic E-state index is 6.21. The summed E-state index contributed by atoms with van der Waals surface area (Å²) in [7, 11) is 0. The van der Waals surface area contributed by atoms with Gasteiger partial charge in [0.25, 0.3) is 0 Å². The van der Waals surface area contributed by atoms with Gasteiger partial charge >= 0.3 is 0 Å². The van der Waals surface area contributed by atoms with Gasteiger partial charge in [-0.25, -0.2) is 4.98 Å². The van der Waals surface area contributed by atoms with Gasteiger partial charge in [-0.3, -0.25) is 0 Å². The van der Waals surface area contributed by atoms with Gasteiger partial charge in [-0.15, -0.1) is 0 Å². The van der Waals surface area contributed by atoms with Crippen LogP contribution in [-0.4, -0.2) is 29.9 Å². The maximum absolute atomic E-state index is 6.21. The zero-order valence-corrected chi connectivity index (χ0v) is 16.8. The van der Waals surface area contributed by atoms with E-state index in [4.69, 9.17) is 40.2 Å². The fourth-order valence-corrected chi connectivity index (χ4v) is 3.64. The third-order valence-corrected chi connectivity index (χ3v) is 5.64. The molecule has 0 amide bonds. The van der Waals surface area contributed by atoms with Crippen molar-refractivity contribution >= 4 is 46.4 Å². The second-order valence-corrected chi connectivity index (χ2v) is 7.78. The van der Waals surface area contributed by atoms with Crippen molar-refractivity contribution in [3.05, 3.63) is 57.7 Å². The summed E-state index contributed by atoms with van der Waals surface area (Å²) in [5, 5.41) is 8.38. The van der Waals surface area contributed by atoms with Crippen LogP contribution in [0.25, 0.3) is 0 Å². The average molecular weight is 410 g/mol. The number of hydrogen-bond acceptors (Lipinski definition) is 3. The van der Waals surface area contributed by atoms with Crippen LogP contribution in [0.2, 0.25) is 10.0 Å².